The first-order valence-corrected chi connectivity index (χ1v) is 16.5. The Morgan fingerprint density at radius 2 is 1.88 bits per heavy atom. The van der Waals surface area contributed by atoms with Gasteiger partial charge in [-0.25, -0.2) is 8.93 Å². The molecule has 0 bridgehead atoms. The van der Waals surface area contributed by atoms with Crippen LogP contribution < -0.4 is 4.72 Å². The molecular weight excluding hydrogens is 574 g/mol. The fourth-order valence-electron chi connectivity index (χ4n) is 5.29. The molecule has 1 amide bonds. The van der Waals surface area contributed by atoms with Crippen molar-refractivity contribution >= 4 is 28.5 Å². The van der Waals surface area contributed by atoms with Crippen molar-refractivity contribution in [3.63, 3.8) is 0 Å². The number of hydrogen-bond donors (Lipinski definition) is 1. The number of fused-ring (bicyclic) bond motifs is 1. The average Bonchev–Trinajstić information content (AvgIpc) is 3.24. The fraction of sp³-hybridized carbons (Fsp3) is 0.306. The van der Waals surface area contributed by atoms with Gasteiger partial charge in [0.25, 0.3) is 0 Å². The molecule has 1 heterocycles. The van der Waals surface area contributed by atoms with Crippen LogP contribution in [0.1, 0.15) is 69.3 Å². The van der Waals surface area contributed by atoms with Gasteiger partial charge in [0.05, 0.1) is 17.1 Å². The number of rotatable bonds is 9. The maximum absolute atomic E-state index is 14.0. The standard InChI is InChI=1S/C34H34ClN3O2S.C2H6/c1-24(26-11-4-3-5-12-26)20-34(39)38(23-29-16-6-10-25(2)36-29)30-17-7-13-27-14-8-19-33(32(27)22-30)37-41(40)31-18-9-15-28(35)21-31;1-2/h3-7,9-12,15-18,21-22,24,33,37H,8,14,19-20,23H2,1-2H3;1-2H3/t24-,33?,41?;/m0./s1. The van der Waals surface area contributed by atoms with E-state index in [1.165, 1.54) is 0 Å². The molecule has 2 unspecified atom stereocenters. The van der Waals surface area contributed by atoms with Crippen molar-refractivity contribution in [1.82, 2.24) is 14.6 Å². The van der Waals surface area contributed by atoms with E-state index >= 15 is 0 Å². The number of halogens is 1. The summed E-state index contributed by atoms with van der Waals surface area (Å²) in [5, 5.41) is 0.548. The Balaban J connectivity index is 0.00000207. The Bertz CT molecular complexity index is 1570. The van der Waals surface area contributed by atoms with E-state index < -0.39 is 11.0 Å². The minimum Gasteiger partial charge on any atom is -0.306 e. The summed E-state index contributed by atoms with van der Waals surface area (Å²) >= 11 is 6.16. The normalized spacial score (nSPS) is 17.1. The van der Waals surface area contributed by atoms with Crippen molar-refractivity contribution in [2.24, 2.45) is 0 Å². The molecule has 0 spiro atoms. The molecule has 2 aliphatic carbocycles. The van der Waals surface area contributed by atoms with Crippen molar-refractivity contribution in [1.29, 1.82) is 0 Å². The van der Waals surface area contributed by atoms with E-state index in [-0.39, 0.29) is 17.9 Å². The van der Waals surface area contributed by atoms with E-state index in [1.54, 1.807) is 18.2 Å². The maximum Gasteiger partial charge on any atom is 0.227 e. The minimum absolute atomic E-state index is 0.0208. The number of hydrogen-bond acceptors (Lipinski definition) is 3. The predicted octanol–water partition coefficient (Wildman–Crippen LogP) is 8.36. The lowest BCUT2D eigenvalue weighted by Gasteiger charge is -2.30. The van der Waals surface area contributed by atoms with Gasteiger partial charge in [0, 0.05) is 28.9 Å². The number of carbonyl (C=O) groups is 1. The van der Waals surface area contributed by atoms with Gasteiger partial charge in [-0.2, -0.15) is 0 Å². The fourth-order valence-corrected chi connectivity index (χ4v) is 6.62. The van der Waals surface area contributed by atoms with Gasteiger partial charge in [0.15, 0.2) is 0 Å². The van der Waals surface area contributed by atoms with Crippen LogP contribution in [0.2, 0.25) is 5.02 Å². The third-order valence-electron chi connectivity index (χ3n) is 7.45. The molecule has 3 aromatic rings. The highest BCUT2D eigenvalue weighted by Crippen LogP contribution is 2.33. The minimum atomic E-state index is -1.44. The van der Waals surface area contributed by atoms with Crippen molar-refractivity contribution in [3.8, 4) is 0 Å². The highest BCUT2D eigenvalue weighted by Gasteiger charge is 2.28. The van der Waals surface area contributed by atoms with Crippen LogP contribution >= 0.6 is 11.6 Å². The second-order valence-corrected chi connectivity index (χ2v) is 12.2. The van der Waals surface area contributed by atoms with Crippen LogP contribution in [-0.4, -0.2) is 26.0 Å². The van der Waals surface area contributed by atoms with Crippen molar-refractivity contribution < 1.29 is 9.00 Å². The first kappa shape index (κ1) is 32.4. The number of aryl methyl sites for hydroxylation is 1. The van der Waals surface area contributed by atoms with Crippen LogP contribution in [0.5, 0.6) is 0 Å². The molecule has 224 valence electrons. The van der Waals surface area contributed by atoms with Crippen LogP contribution in [0.3, 0.4) is 0 Å². The smallest absolute Gasteiger partial charge is 0.227 e. The van der Waals surface area contributed by atoms with E-state index in [2.05, 4.69) is 35.6 Å². The summed E-state index contributed by atoms with van der Waals surface area (Å²) in [4.78, 5) is 21.1. The van der Waals surface area contributed by atoms with Gasteiger partial charge in [-0.3, -0.25) is 9.78 Å². The number of allylic oxidation sites excluding steroid dienone is 2. The summed E-state index contributed by atoms with van der Waals surface area (Å²) in [6.07, 6.45) is 8.94. The summed E-state index contributed by atoms with van der Waals surface area (Å²) in [7, 11) is -1.44. The van der Waals surface area contributed by atoms with Gasteiger partial charge in [-0.05, 0) is 97.4 Å². The number of nitrogens with one attached hydrogen (secondary N) is 1. The number of benzene rings is 2. The lowest BCUT2D eigenvalue weighted by Crippen LogP contribution is -2.36. The molecule has 1 N–H and O–H groups in total. The van der Waals surface area contributed by atoms with E-state index in [1.807, 2.05) is 80.3 Å². The van der Waals surface area contributed by atoms with Crippen LogP contribution in [0.15, 0.2) is 118 Å². The molecule has 3 atom stereocenters. The molecular formula is C36H40ClN3O2S. The van der Waals surface area contributed by atoms with Crippen molar-refractivity contribution in [2.45, 2.75) is 76.8 Å². The first-order chi connectivity index (χ1) is 20.9. The van der Waals surface area contributed by atoms with E-state index in [0.717, 1.165) is 53.1 Å². The predicted molar refractivity (Wildman–Crippen MR) is 177 cm³/mol. The summed E-state index contributed by atoms with van der Waals surface area (Å²) in [6.45, 7) is 8.40. The monoisotopic (exact) mass is 613 g/mol. The summed E-state index contributed by atoms with van der Waals surface area (Å²) < 4.78 is 16.6. The Morgan fingerprint density at radius 1 is 1.12 bits per heavy atom. The lowest BCUT2D eigenvalue weighted by atomic mass is 9.86. The Hall–Kier alpha value is -3.54. The molecule has 0 aliphatic heterocycles. The summed E-state index contributed by atoms with van der Waals surface area (Å²) in [6, 6.07) is 23.0. The molecule has 1 fully saturated rings. The van der Waals surface area contributed by atoms with Gasteiger partial charge in [-0.1, -0.05) is 74.8 Å². The second kappa shape index (κ2) is 15.8. The Morgan fingerprint density at radius 3 is 2.63 bits per heavy atom. The molecule has 1 saturated carbocycles. The number of pyridine rings is 1. The quantitative estimate of drug-likeness (QED) is 0.247. The molecule has 43 heavy (non-hydrogen) atoms. The van der Waals surface area contributed by atoms with Gasteiger partial charge in [0.1, 0.15) is 11.0 Å². The van der Waals surface area contributed by atoms with Crippen LogP contribution in [0.4, 0.5) is 0 Å². The van der Waals surface area contributed by atoms with Gasteiger partial charge >= 0.3 is 0 Å². The van der Waals surface area contributed by atoms with Gasteiger partial charge in [-0.15, -0.1) is 5.73 Å². The molecule has 1 aromatic heterocycles. The zero-order valence-electron chi connectivity index (χ0n) is 25.3. The van der Waals surface area contributed by atoms with Gasteiger partial charge in [0.2, 0.25) is 5.91 Å². The second-order valence-electron chi connectivity index (χ2n) is 10.5. The lowest BCUT2D eigenvalue weighted by molar-refractivity contribution is -0.130. The van der Waals surface area contributed by atoms with E-state index in [4.69, 9.17) is 16.6 Å². The van der Waals surface area contributed by atoms with E-state index in [9.17, 15) is 9.00 Å². The third kappa shape index (κ3) is 8.75. The third-order valence-corrected chi connectivity index (χ3v) is 8.86. The molecule has 7 heteroatoms. The van der Waals surface area contributed by atoms with E-state index in [0.29, 0.717) is 22.9 Å². The number of amides is 1. The zero-order valence-corrected chi connectivity index (χ0v) is 26.9. The van der Waals surface area contributed by atoms with Crippen LogP contribution in [-0.2, 0) is 22.3 Å². The summed E-state index contributed by atoms with van der Waals surface area (Å²) in [5.74, 6) is 0.0802. The molecule has 2 aromatic carbocycles. The topological polar surface area (TPSA) is 62.3 Å². The number of nitrogens with zero attached hydrogens (tertiary/aromatic N) is 2. The Kier molecular flexibility index (Phi) is 11.9. The molecule has 2 aliphatic rings. The summed E-state index contributed by atoms with van der Waals surface area (Å²) in [5.41, 5.74) is 9.16. The van der Waals surface area contributed by atoms with Gasteiger partial charge < -0.3 is 4.90 Å². The number of carbonyl (C=O) groups excluding carboxylic acids is 1. The van der Waals surface area contributed by atoms with Crippen molar-refractivity contribution in [3.05, 3.63) is 136 Å². The average molecular weight is 614 g/mol. The van der Waals surface area contributed by atoms with Crippen LogP contribution in [0, 0.1) is 6.92 Å². The largest absolute Gasteiger partial charge is 0.306 e. The maximum atomic E-state index is 14.0. The Labute approximate surface area is 263 Å². The molecule has 0 radical (unpaired) electrons. The number of aromatic nitrogens is 1. The highest BCUT2D eigenvalue weighted by molar-refractivity contribution is 7.83. The van der Waals surface area contributed by atoms with Crippen LogP contribution in [0.25, 0.3) is 0 Å². The van der Waals surface area contributed by atoms with Crippen molar-refractivity contribution in [2.75, 3.05) is 0 Å². The molecule has 5 rings (SSSR count). The SMILES string of the molecule is CC.Cc1cccc(CN(C(=O)C[C@H](C)c2ccccc2)C2=CC=C=C3CCCC(NS(=O)c4cccc(Cl)c4)C3=C2)n1. The zero-order chi connectivity index (χ0) is 30.8. The highest BCUT2D eigenvalue weighted by atomic mass is 35.5. The first-order valence-electron chi connectivity index (χ1n) is 15.0. The molecule has 5 nitrogen and oxygen atoms in total. The molecule has 0 saturated heterocycles.